The topological polar surface area (TPSA) is 86.2 Å². The largest absolute Gasteiger partial charge is 0.493 e. The predicted molar refractivity (Wildman–Crippen MR) is 81.2 cm³/mol. The van der Waals surface area contributed by atoms with Crippen LogP contribution in [0.2, 0.25) is 0 Å². The molecule has 7 heteroatoms. The van der Waals surface area contributed by atoms with E-state index in [-0.39, 0.29) is 6.54 Å². The number of isocyanates is 1. The molecule has 1 rings (SSSR count). The van der Waals surface area contributed by atoms with Crippen LogP contribution in [0.25, 0.3) is 0 Å². The van der Waals surface area contributed by atoms with Gasteiger partial charge < -0.3 is 14.2 Å². The lowest BCUT2D eigenvalue weighted by atomic mass is 10.1. The van der Waals surface area contributed by atoms with E-state index in [4.69, 9.17) is 14.2 Å². The molecule has 120 valence electrons. The number of aliphatic imine (C=N–C) groups is 1. The van der Waals surface area contributed by atoms with Crippen molar-refractivity contribution in [2.75, 3.05) is 19.5 Å². The van der Waals surface area contributed by atoms with Crippen molar-refractivity contribution in [2.24, 2.45) is 4.99 Å². The van der Waals surface area contributed by atoms with E-state index in [1.165, 1.54) is 20.3 Å². The fourth-order valence-corrected chi connectivity index (χ4v) is 1.70. The molecular formula is C15H20N2O5. The summed E-state index contributed by atoms with van der Waals surface area (Å²) in [5, 5.41) is 2.62. The zero-order valence-electron chi connectivity index (χ0n) is 13.4. The number of ether oxygens (including phenoxy) is 3. The molecule has 0 aliphatic carbocycles. The van der Waals surface area contributed by atoms with Gasteiger partial charge in [-0.25, -0.2) is 14.6 Å². The van der Waals surface area contributed by atoms with Gasteiger partial charge in [-0.1, -0.05) is 0 Å². The van der Waals surface area contributed by atoms with Crippen LogP contribution in [0.3, 0.4) is 0 Å². The normalized spacial score (nSPS) is 10.4. The Kier molecular flexibility index (Phi) is 5.95. The van der Waals surface area contributed by atoms with Gasteiger partial charge in [-0.15, -0.1) is 0 Å². The Morgan fingerprint density at radius 3 is 2.32 bits per heavy atom. The molecular weight excluding hydrogens is 288 g/mol. The summed E-state index contributed by atoms with van der Waals surface area (Å²) >= 11 is 0. The van der Waals surface area contributed by atoms with Crippen molar-refractivity contribution in [3.05, 3.63) is 17.7 Å². The molecule has 1 aromatic carbocycles. The van der Waals surface area contributed by atoms with Crippen LogP contribution in [-0.4, -0.2) is 32.0 Å². The van der Waals surface area contributed by atoms with E-state index >= 15 is 0 Å². The highest BCUT2D eigenvalue weighted by Gasteiger charge is 2.18. The number of anilines is 1. The van der Waals surface area contributed by atoms with Gasteiger partial charge in [0.2, 0.25) is 6.08 Å². The van der Waals surface area contributed by atoms with Crippen molar-refractivity contribution in [1.82, 2.24) is 0 Å². The SMILES string of the molecule is COc1cc(CN=C=O)c(NC(=O)OC(C)(C)C)cc1OC. The number of amides is 1. The minimum absolute atomic E-state index is 0.0506. The molecule has 0 aliphatic heterocycles. The summed E-state index contributed by atoms with van der Waals surface area (Å²) in [5.41, 5.74) is 0.375. The molecule has 22 heavy (non-hydrogen) atoms. The second kappa shape index (κ2) is 7.47. The van der Waals surface area contributed by atoms with Gasteiger partial charge in [-0.2, -0.15) is 0 Å². The quantitative estimate of drug-likeness (QED) is 0.667. The molecule has 0 unspecified atom stereocenters. The smallest absolute Gasteiger partial charge is 0.412 e. The van der Waals surface area contributed by atoms with E-state index in [0.717, 1.165) is 0 Å². The molecule has 0 radical (unpaired) electrons. The fourth-order valence-electron chi connectivity index (χ4n) is 1.70. The second-order valence-corrected chi connectivity index (χ2v) is 5.40. The first kappa shape index (κ1) is 17.5. The summed E-state index contributed by atoms with van der Waals surface area (Å²) in [6.07, 6.45) is 0.845. The van der Waals surface area contributed by atoms with Gasteiger partial charge in [-0.05, 0) is 26.8 Å². The molecule has 7 nitrogen and oxygen atoms in total. The standard InChI is InChI=1S/C15H20N2O5/c1-15(2,3)22-14(19)17-11-7-13(21-5)12(20-4)6-10(11)8-16-9-18/h6-7H,8H2,1-5H3,(H,17,19). The highest BCUT2D eigenvalue weighted by molar-refractivity contribution is 5.86. The highest BCUT2D eigenvalue weighted by Crippen LogP contribution is 2.34. The third-order valence-corrected chi connectivity index (χ3v) is 2.56. The Morgan fingerprint density at radius 1 is 1.23 bits per heavy atom. The summed E-state index contributed by atoms with van der Waals surface area (Å²) in [5.74, 6) is 0.903. The van der Waals surface area contributed by atoms with Gasteiger partial charge in [0.25, 0.3) is 0 Å². The molecule has 0 heterocycles. The molecule has 0 spiro atoms. The molecule has 1 aromatic rings. The van der Waals surface area contributed by atoms with Crippen LogP contribution in [-0.2, 0) is 16.1 Å². The first-order chi connectivity index (χ1) is 10.3. The summed E-state index contributed by atoms with van der Waals surface area (Å²) in [6, 6.07) is 3.21. The molecule has 1 amide bonds. The maximum atomic E-state index is 11.9. The van der Waals surface area contributed by atoms with Crippen molar-refractivity contribution in [3.8, 4) is 11.5 Å². The van der Waals surface area contributed by atoms with Crippen molar-refractivity contribution in [1.29, 1.82) is 0 Å². The van der Waals surface area contributed by atoms with Gasteiger partial charge >= 0.3 is 6.09 Å². The predicted octanol–water partition coefficient (Wildman–Crippen LogP) is 2.89. The first-order valence-electron chi connectivity index (χ1n) is 6.59. The van der Waals surface area contributed by atoms with E-state index in [1.54, 1.807) is 32.9 Å². The van der Waals surface area contributed by atoms with Gasteiger partial charge in [0.15, 0.2) is 11.5 Å². The maximum Gasteiger partial charge on any atom is 0.412 e. The van der Waals surface area contributed by atoms with E-state index in [0.29, 0.717) is 22.7 Å². The molecule has 0 aromatic heterocycles. The van der Waals surface area contributed by atoms with E-state index in [1.807, 2.05) is 0 Å². The third-order valence-electron chi connectivity index (χ3n) is 2.56. The molecule has 0 bridgehead atoms. The minimum atomic E-state index is -0.623. The summed E-state index contributed by atoms with van der Waals surface area (Å²) in [7, 11) is 2.98. The highest BCUT2D eigenvalue weighted by atomic mass is 16.6. The monoisotopic (exact) mass is 308 g/mol. The number of benzene rings is 1. The van der Waals surface area contributed by atoms with Gasteiger partial charge in [0.05, 0.1) is 26.5 Å². The number of nitrogens with one attached hydrogen (secondary N) is 1. The Labute approximate surface area is 129 Å². The van der Waals surface area contributed by atoms with Gasteiger partial charge in [0.1, 0.15) is 5.60 Å². The fraction of sp³-hybridized carbons (Fsp3) is 0.467. The Balaban J connectivity index is 3.13. The lowest BCUT2D eigenvalue weighted by molar-refractivity contribution is 0.0635. The van der Waals surface area contributed by atoms with Crippen molar-refractivity contribution >= 4 is 17.9 Å². The Bertz CT molecular complexity index is 586. The molecule has 0 aliphatic rings. The lowest BCUT2D eigenvalue weighted by Crippen LogP contribution is -2.27. The second-order valence-electron chi connectivity index (χ2n) is 5.40. The number of nitrogens with zero attached hydrogens (tertiary/aromatic N) is 1. The number of hydrogen-bond donors (Lipinski definition) is 1. The Morgan fingerprint density at radius 2 is 1.82 bits per heavy atom. The zero-order chi connectivity index (χ0) is 16.8. The maximum absolute atomic E-state index is 11.9. The number of rotatable bonds is 5. The van der Waals surface area contributed by atoms with Crippen molar-refractivity contribution in [3.63, 3.8) is 0 Å². The van der Waals surface area contributed by atoms with Crippen LogP contribution in [0.15, 0.2) is 17.1 Å². The molecule has 0 atom stereocenters. The average molecular weight is 308 g/mol. The van der Waals surface area contributed by atoms with Crippen LogP contribution in [0.4, 0.5) is 10.5 Å². The molecule has 0 saturated heterocycles. The lowest BCUT2D eigenvalue weighted by Gasteiger charge is -2.21. The minimum Gasteiger partial charge on any atom is -0.493 e. The molecule has 0 saturated carbocycles. The van der Waals surface area contributed by atoms with Crippen LogP contribution in [0.1, 0.15) is 26.3 Å². The number of carbonyl (C=O) groups is 1. The van der Waals surface area contributed by atoms with Crippen LogP contribution < -0.4 is 14.8 Å². The number of hydrogen-bond acceptors (Lipinski definition) is 6. The zero-order valence-corrected chi connectivity index (χ0v) is 13.4. The van der Waals surface area contributed by atoms with Crippen LogP contribution in [0, 0.1) is 0 Å². The van der Waals surface area contributed by atoms with Crippen molar-refractivity contribution < 1.29 is 23.8 Å². The Hall–Kier alpha value is -2.53. The summed E-state index contributed by atoms with van der Waals surface area (Å²) in [6.45, 7) is 5.34. The summed E-state index contributed by atoms with van der Waals surface area (Å²) < 4.78 is 15.6. The van der Waals surface area contributed by atoms with E-state index < -0.39 is 11.7 Å². The van der Waals surface area contributed by atoms with Gasteiger partial charge in [0, 0.05) is 11.6 Å². The number of methoxy groups -OCH3 is 2. The summed E-state index contributed by atoms with van der Waals surface area (Å²) in [4.78, 5) is 25.7. The van der Waals surface area contributed by atoms with Crippen LogP contribution >= 0.6 is 0 Å². The number of carbonyl (C=O) groups excluding carboxylic acids is 2. The molecule has 0 fully saturated rings. The first-order valence-corrected chi connectivity index (χ1v) is 6.59. The van der Waals surface area contributed by atoms with Gasteiger partial charge in [-0.3, -0.25) is 5.32 Å². The average Bonchev–Trinajstić information content (AvgIpc) is 2.43. The molecule has 1 N–H and O–H groups in total. The third kappa shape index (κ3) is 5.10. The van der Waals surface area contributed by atoms with Crippen LogP contribution in [0.5, 0.6) is 11.5 Å². The van der Waals surface area contributed by atoms with Crippen molar-refractivity contribution in [2.45, 2.75) is 32.9 Å². The van der Waals surface area contributed by atoms with E-state index in [2.05, 4.69) is 10.3 Å². The van der Waals surface area contributed by atoms with E-state index in [9.17, 15) is 9.59 Å².